The smallest absolute Gasteiger partial charge is 0.258 e. The lowest BCUT2D eigenvalue weighted by molar-refractivity contribution is -0.132. The molecule has 2 aromatic heterocycles. The van der Waals surface area contributed by atoms with E-state index in [4.69, 9.17) is 14.2 Å². The number of hydrogen-bond donors (Lipinski definition) is 0. The van der Waals surface area contributed by atoms with E-state index in [1.54, 1.807) is 0 Å². The fourth-order valence-electron chi connectivity index (χ4n) is 4.78. The Morgan fingerprint density at radius 3 is 2.77 bits per heavy atom. The number of piperidine rings is 1. The number of carbonyl (C=O) groups excluding carboxylic acids is 1. The minimum absolute atomic E-state index is 0.243. The number of aromatic nitrogens is 4. The van der Waals surface area contributed by atoms with Crippen molar-refractivity contribution < 1.29 is 14.1 Å². The van der Waals surface area contributed by atoms with Gasteiger partial charge in [-0.15, -0.1) is 0 Å². The second-order valence-electron chi connectivity index (χ2n) is 9.14. The van der Waals surface area contributed by atoms with Gasteiger partial charge in [-0.2, -0.15) is 10.1 Å². The molecule has 8 heteroatoms. The first kappa shape index (κ1) is 19.0. The van der Waals surface area contributed by atoms with E-state index in [9.17, 15) is 4.79 Å². The van der Waals surface area contributed by atoms with Gasteiger partial charge in [-0.1, -0.05) is 11.2 Å². The summed E-state index contributed by atoms with van der Waals surface area (Å²) in [6, 6.07) is 6.42. The van der Waals surface area contributed by atoms with Crippen LogP contribution in [-0.2, 0) is 9.53 Å². The number of carbonyl (C=O) groups is 1. The van der Waals surface area contributed by atoms with Crippen molar-refractivity contribution in [3.05, 3.63) is 30.2 Å². The zero-order valence-electron chi connectivity index (χ0n) is 17.6. The molecule has 0 N–H and O–H groups in total. The third-order valence-electron chi connectivity index (χ3n) is 6.91. The largest absolute Gasteiger partial charge is 0.379 e. The minimum Gasteiger partial charge on any atom is -0.379 e. The fourth-order valence-corrected chi connectivity index (χ4v) is 4.78. The maximum atomic E-state index is 12.3. The molecule has 1 unspecified atom stereocenters. The Bertz CT molecular complexity index is 1090. The number of likely N-dealkylation sites (tertiary alicyclic amines) is 1. The van der Waals surface area contributed by atoms with E-state index >= 15 is 0 Å². The molecule has 4 heterocycles. The van der Waals surface area contributed by atoms with E-state index in [1.807, 2.05) is 17.2 Å². The van der Waals surface area contributed by atoms with Crippen LogP contribution in [0.2, 0.25) is 0 Å². The van der Waals surface area contributed by atoms with Crippen LogP contribution in [0.15, 0.2) is 28.9 Å². The van der Waals surface area contributed by atoms with E-state index < -0.39 is 0 Å². The lowest BCUT2D eigenvalue weighted by atomic mass is 9.96. The van der Waals surface area contributed by atoms with Gasteiger partial charge in [0.15, 0.2) is 5.82 Å². The highest BCUT2D eigenvalue weighted by atomic mass is 16.5. The molecule has 6 rings (SSSR count). The molecule has 1 aromatic carbocycles. The van der Waals surface area contributed by atoms with Crippen LogP contribution in [0, 0.1) is 5.92 Å². The molecular weight excluding hydrogens is 394 g/mol. The van der Waals surface area contributed by atoms with Gasteiger partial charge < -0.3 is 14.2 Å². The zero-order valence-corrected chi connectivity index (χ0v) is 17.6. The lowest BCUT2D eigenvalue weighted by Gasteiger charge is -2.30. The minimum atomic E-state index is 0.243. The predicted molar refractivity (Wildman–Crippen MR) is 113 cm³/mol. The van der Waals surface area contributed by atoms with Gasteiger partial charge in [-0.3, -0.25) is 9.48 Å². The molecule has 3 fully saturated rings. The second kappa shape index (κ2) is 7.75. The monoisotopic (exact) mass is 421 g/mol. The first-order chi connectivity index (χ1) is 15.2. The Kier molecular flexibility index (Phi) is 4.74. The quantitative estimate of drug-likeness (QED) is 0.626. The van der Waals surface area contributed by atoms with Crippen molar-refractivity contribution in [3.8, 4) is 11.5 Å². The molecule has 162 valence electrons. The predicted octanol–water partition coefficient (Wildman–Crippen LogP) is 3.55. The third kappa shape index (κ3) is 3.73. The van der Waals surface area contributed by atoms with Crippen LogP contribution < -0.4 is 0 Å². The number of fused-ring (bicyclic) bond motifs is 1. The maximum absolute atomic E-state index is 12.3. The molecular formula is C23H27N5O3. The maximum Gasteiger partial charge on any atom is 0.258 e. The summed E-state index contributed by atoms with van der Waals surface area (Å²) in [5.74, 6) is 2.49. The molecule has 0 radical (unpaired) electrons. The molecule has 1 aliphatic carbocycles. The molecule has 1 amide bonds. The highest BCUT2D eigenvalue weighted by molar-refractivity contribution is 5.83. The molecule has 3 aromatic rings. The normalized spacial score (nSPS) is 22.5. The first-order valence-corrected chi connectivity index (χ1v) is 11.4. The Hall–Kier alpha value is -2.74. The summed E-state index contributed by atoms with van der Waals surface area (Å²) in [6.45, 7) is 3.06. The number of rotatable bonds is 5. The van der Waals surface area contributed by atoms with Crippen LogP contribution in [0.1, 0.15) is 56.3 Å². The highest BCUT2D eigenvalue weighted by Gasteiger charge is 2.31. The van der Waals surface area contributed by atoms with Gasteiger partial charge in [-0.05, 0) is 50.2 Å². The van der Waals surface area contributed by atoms with Crippen LogP contribution >= 0.6 is 0 Å². The van der Waals surface area contributed by atoms with E-state index in [2.05, 4.69) is 27.1 Å². The molecule has 0 spiro atoms. The molecule has 0 bridgehead atoms. The van der Waals surface area contributed by atoms with Gasteiger partial charge in [0.05, 0.1) is 24.4 Å². The summed E-state index contributed by atoms with van der Waals surface area (Å²) in [5.41, 5.74) is 1.97. The summed E-state index contributed by atoms with van der Waals surface area (Å²) in [7, 11) is 0. The van der Waals surface area contributed by atoms with Crippen molar-refractivity contribution in [1.29, 1.82) is 0 Å². The standard InChI is InChI=1S/C23H27N5O3/c29-21(11-15-1-2-15)27-8-5-16(6-9-27)22-25-23(31-26-22)17-3-4-18-13-24-28(20(18)12-17)19-7-10-30-14-19/h3-4,12-13,15-16,19H,1-2,5-11,14H2. The van der Waals surface area contributed by atoms with Gasteiger partial charge in [0, 0.05) is 43.0 Å². The number of benzene rings is 1. The number of ether oxygens (including phenoxy) is 1. The molecule has 2 saturated heterocycles. The summed E-state index contributed by atoms with van der Waals surface area (Å²) >= 11 is 0. The number of hydrogen-bond acceptors (Lipinski definition) is 6. The second-order valence-corrected chi connectivity index (χ2v) is 9.14. The van der Waals surface area contributed by atoms with Gasteiger partial charge in [0.2, 0.25) is 5.91 Å². The van der Waals surface area contributed by atoms with Crippen LogP contribution in [0.5, 0.6) is 0 Å². The summed E-state index contributed by atoms with van der Waals surface area (Å²) in [5, 5.41) is 9.95. The van der Waals surface area contributed by atoms with Gasteiger partial charge in [-0.25, -0.2) is 0 Å². The van der Waals surface area contributed by atoms with E-state index in [0.717, 1.165) is 67.7 Å². The van der Waals surface area contributed by atoms with Crippen molar-refractivity contribution >= 4 is 16.8 Å². The van der Waals surface area contributed by atoms with Crippen LogP contribution in [0.25, 0.3) is 22.4 Å². The Morgan fingerprint density at radius 2 is 2.00 bits per heavy atom. The zero-order chi connectivity index (χ0) is 20.8. The summed E-state index contributed by atoms with van der Waals surface area (Å²) in [6.07, 6.45) is 7.82. The summed E-state index contributed by atoms with van der Waals surface area (Å²) in [4.78, 5) is 19.1. The molecule has 31 heavy (non-hydrogen) atoms. The van der Waals surface area contributed by atoms with Gasteiger partial charge in [0.1, 0.15) is 0 Å². The molecule has 8 nitrogen and oxygen atoms in total. The van der Waals surface area contributed by atoms with Crippen molar-refractivity contribution in [2.24, 2.45) is 5.92 Å². The van der Waals surface area contributed by atoms with Crippen LogP contribution in [0.3, 0.4) is 0 Å². The van der Waals surface area contributed by atoms with Crippen molar-refractivity contribution in [1.82, 2.24) is 24.8 Å². The molecule has 3 aliphatic rings. The van der Waals surface area contributed by atoms with Crippen LogP contribution in [0.4, 0.5) is 0 Å². The topological polar surface area (TPSA) is 86.3 Å². The van der Waals surface area contributed by atoms with Crippen LogP contribution in [-0.4, -0.2) is 57.0 Å². The first-order valence-electron chi connectivity index (χ1n) is 11.4. The number of nitrogens with zero attached hydrogens (tertiary/aromatic N) is 5. The average molecular weight is 422 g/mol. The van der Waals surface area contributed by atoms with E-state index in [1.165, 1.54) is 12.8 Å². The average Bonchev–Trinajstić information content (AvgIpc) is 3.22. The van der Waals surface area contributed by atoms with E-state index in [-0.39, 0.29) is 12.0 Å². The lowest BCUT2D eigenvalue weighted by Crippen LogP contribution is -2.38. The molecule has 1 atom stereocenters. The van der Waals surface area contributed by atoms with Crippen molar-refractivity contribution in [2.45, 2.75) is 50.5 Å². The van der Waals surface area contributed by atoms with Crippen molar-refractivity contribution in [2.75, 3.05) is 26.3 Å². The van der Waals surface area contributed by atoms with E-state index in [0.29, 0.717) is 24.3 Å². The fraction of sp³-hybridized carbons (Fsp3) is 0.565. The Morgan fingerprint density at radius 1 is 1.13 bits per heavy atom. The highest BCUT2D eigenvalue weighted by Crippen LogP contribution is 2.34. The summed E-state index contributed by atoms with van der Waals surface area (Å²) < 4.78 is 13.2. The number of amides is 1. The molecule has 1 saturated carbocycles. The SMILES string of the molecule is O=C(CC1CC1)N1CCC(c2noc(-c3ccc4cnn(C5CCOC5)c4c3)n2)CC1. The Balaban J connectivity index is 1.17. The third-order valence-corrected chi connectivity index (χ3v) is 6.91. The Labute approximate surface area is 180 Å². The molecule has 2 aliphatic heterocycles. The van der Waals surface area contributed by atoms with Gasteiger partial charge in [0.25, 0.3) is 5.89 Å². The van der Waals surface area contributed by atoms with Crippen molar-refractivity contribution in [3.63, 3.8) is 0 Å². The van der Waals surface area contributed by atoms with Gasteiger partial charge >= 0.3 is 0 Å².